The average molecular weight is 441 g/mol. The van der Waals surface area contributed by atoms with Gasteiger partial charge in [0.15, 0.2) is 0 Å². The molecule has 0 spiro atoms. The number of benzene rings is 2. The van der Waals surface area contributed by atoms with E-state index >= 15 is 0 Å². The molecule has 160 valence electrons. The van der Waals surface area contributed by atoms with Crippen molar-refractivity contribution >= 4 is 33.3 Å². The van der Waals surface area contributed by atoms with E-state index in [2.05, 4.69) is 19.8 Å². The molecule has 0 aliphatic heterocycles. The highest BCUT2D eigenvalue weighted by atomic mass is 32.2. The van der Waals surface area contributed by atoms with Gasteiger partial charge in [0.05, 0.1) is 41.6 Å². The van der Waals surface area contributed by atoms with Crippen molar-refractivity contribution in [3.8, 4) is 5.75 Å². The summed E-state index contributed by atoms with van der Waals surface area (Å²) in [5, 5.41) is 2.69. The van der Waals surface area contributed by atoms with Crippen LogP contribution in [0.2, 0.25) is 0 Å². The lowest BCUT2D eigenvalue weighted by atomic mass is 10.2. The number of carbonyl (C=O) groups excluding carboxylic acids is 2. The van der Waals surface area contributed by atoms with Gasteiger partial charge in [-0.1, -0.05) is 6.07 Å². The molecule has 0 saturated heterocycles. The molecule has 0 fully saturated rings. The van der Waals surface area contributed by atoms with Crippen molar-refractivity contribution in [3.05, 3.63) is 78.1 Å². The zero-order valence-electron chi connectivity index (χ0n) is 16.7. The number of hydrogen-bond acceptors (Lipinski definition) is 7. The van der Waals surface area contributed by atoms with Crippen LogP contribution in [0.5, 0.6) is 5.75 Å². The summed E-state index contributed by atoms with van der Waals surface area (Å²) in [6.45, 7) is 0. The maximum Gasteiger partial charge on any atom is 0.337 e. The summed E-state index contributed by atoms with van der Waals surface area (Å²) in [7, 11) is -1.38. The molecule has 2 aromatic carbocycles. The average Bonchev–Trinajstić information content (AvgIpc) is 2.79. The van der Waals surface area contributed by atoms with Crippen LogP contribution in [0.4, 0.5) is 11.4 Å². The van der Waals surface area contributed by atoms with Gasteiger partial charge in [0.1, 0.15) is 5.75 Å². The molecule has 0 atom stereocenters. The van der Waals surface area contributed by atoms with Crippen LogP contribution in [0.1, 0.15) is 20.7 Å². The second-order valence-electron chi connectivity index (χ2n) is 6.24. The van der Waals surface area contributed by atoms with Crippen LogP contribution >= 0.6 is 0 Å². The Bertz CT molecular complexity index is 1210. The minimum Gasteiger partial charge on any atom is -0.494 e. The number of carbonyl (C=O) groups is 2. The third-order valence-electron chi connectivity index (χ3n) is 4.19. The predicted octanol–water partition coefficient (Wildman–Crippen LogP) is 2.93. The number of amides is 1. The molecule has 1 amide bonds. The minimum atomic E-state index is -3.99. The topological polar surface area (TPSA) is 124 Å². The Kier molecular flexibility index (Phi) is 6.51. The first-order valence-corrected chi connectivity index (χ1v) is 10.4. The zero-order valence-corrected chi connectivity index (χ0v) is 17.5. The smallest absolute Gasteiger partial charge is 0.337 e. The number of hydrogen-bond donors (Lipinski definition) is 2. The van der Waals surface area contributed by atoms with Crippen molar-refractivity contribution in [1.82, 2.24) is 4.98 Å². The van der Waals surface area contributed by atoms with Gasteiger partial charge in [-0.2, -0.15) is 0 Å². The largest absolute Gasteiger partial charge is 0.494 e. The van der Waals surface area contributed by atoms with Crippen LogP contribution in [0.25, 0.3) is 0 Å². The fraction of sp³-hybridized carbons (Fsp3) is 0.0952. The number of pyridine rings is 1. The molecule has 1 aromatic heterocycles. The molecule has 31 heavy (non-hydrogen) atoms. The monoisotopic (exact) mass is 441 g/mol. The lowest BCUT2D eigenvalue weighted by Gasteiger charge is -2.14. The molecule has 3 aromatic rings. The van der Waals surface area contributed by atoms with Gasteiger partial charge in [-0.3, -0.25) is 14.5 Å². The molecule has 1 heterocycles. The SMILES string of the molecule is COC(=O)c1cccc(S(=O)(=O)Nc2ccc(NC(=O)c3cccnc3)c(OC)c2)c1. The number of nitrogens with one attached hydrogen (secondary N) is 2. The molecule has 0 bridgehead atoms. The van der Waals surface area contributed by atoms with Crippen molar-refractivity contribution in [2.45, 2.75) is 4.90 Å². The maximum absolute atomic E-state index is 12.7. The lowest BCUT2D eigenvalue weighted by Crippen LogP contribution is -2.15. The Morgan fingerprint density at radius 2 is 1.74 bits per heavy atom. The highest BCUT2D eigenvalue weighted by Gasteiger charge is 2.18. The molecule has 3 rings (SSSR count). The van der Waals surface area contributed by atoms with E-state index in [1.807, 2.05) is 0 Å². The molecule has 0 unspecified atom stereocenters. The van der Waals surface area contributed by atoms with E-state index in [-0.39, 0.29) is 27.8 Å². The number of sulfonamides is 1. The highest BCUT2D eigenvalue weighted by Crippen LogP contribution is 2.29. The number of nitrogens with zero attached hydrogens (tertiary/aromatic N) is 1. The van der Waals surface area contributed by atoms with Crippen LogP contribution in [0.15, 0.2) is 71.9 Å². The zero-order chi connectivity index (χ0) is 22.4. The third-order valence-corrected chi connectivity index (χ3v) is 5.57. The quantitative estimate of drug-likeness (QED) is 0.540. The number of esters is 1. The second-order valence-corrected chi connectivity index (χ2v) is 7.92. The number of anilines is 2. The third kappa shape index (κ3) is 5.17. The van der Waals surface area contributed by atoms with Gasteiger partial charge in [0, 0.05) is 18.5 Å². The van der Waals surface area contributed by atoms with Crippen molar-refractivity contribution < 1.29 is 27.5 Å². The fourth-order valence-corrected chi connectivity index (χ4v) is 3.77. The van der Waals surface area contributed by atoms with E-state index in [0.717, 1.165) is 0 Å². The van der Waals surface area contributed by atoms with Crippen LogP contribution in [-0.2, 0) is 14.8 Å². The summed E-state index contributed by atoms with van der Waals surface area (Å²) in [5.41, 5.74) is 1.03. The molecule has 2 N–H and O–H groups in total. The summed E-state index contributed by atoms with van der Waals surface area (Å²) < 4.78 is 37.8. The molecule has 0 aliphatic carbocycles. The molecule has 0 radical (unpaired) electrons. The second kappa shape index (κ2) is 9.26. The van der Waals surface area contributed by atoms with E-state index in [4.69, 9.17) is 4.74 Å². The van der Waals surface area contributed by atoms with Crippen molar-refractivity contribution in [1.29, 1.82) is 0 Å². The summed E-state index contributed by atoms with van der Waals surface area (Å²) in [4.78, 5) is 27.8. The standard InChI is InChI=1S/C21H19N3O6S/c1-29-19-12-16(8-9-18(19)23-20(25)15-6-4-10-22-13-15)24-31(27,28)17-7-3-5-14(11-17)21(26)30-2/h3-13,24H,1-2H3,(H,23,25). The summed E-state index contributed by atoms with van der Waals surface area (Å²) in [6.07, 6.45) is 2.98. The van der Waals surface area contributed by atoms with Crippen LogP contribution in [-0.4, -0.2) is 39.5 Å². The minimum absolute atomic E-state index is 0.108. The Labute approximate surface area is 179 Å². The summed E-state index contributed by atoms with van der Waals surface area (Å²) in [6, 6.07) is 13.1. The number of methoxy groups -OCH3 is 2. The number of ether oxygens (including phenoxy) is 2. The number of aromatic nitrogens is 1. The van der Waals surface area contributed by atoms with Gasteiger partial charge in [0.25, 0.3) is 15.9 Å². The Balaban J connectivity index is 1.82. The van der Waals surface area contributed by atoms with Crippen molar-refractivity contribution in [2.75, 3.05) is 24.3 Å². The molecule has 10 heteroatoms. The van der Waals surface area contributed by atoms with E-state index < -0.39 is 16.0 Å². The molecule has 0 aliphatic rings. The van der Waals surface area contributed by atoms with E-state index in [1.54, 1.807) is 18.3 Å². The molecule has 0 saturated carbocycles. The Morgan fingerprint density at radius 1 is 0.968 bits per heavy atom. The van der Waals surface area contributed by atoms with Crippen LogP contribution in [0.3, 0.4) is 0 Å². The lowest BCUT2D eigenvalue weighted by molar-refractivity contribution is 0.0600. The van der Waals surface area contributed by atoms with Crippen LogP contribution in [0, 0.1) is 0 Å². The Hall–Kier alpha value is -3.92. The first kappa shape index (κ1) is 21.8. The first-order chi connectivity index (χ1) is 14.8. The van der Waals surface area contributed by atoms with Gasteiger partial charge in [-0.05, 0) is 42.5 Å². The van der Waals surface area contributed by atoms with Gasteiger partial charge in [-0.25, -0.2) is 13.2 Å². The van der Waals surface area contributed by atoms with Gasteiger partial charge in [-0.15, -0.1) is 0 Å². The molecular weight excluding hydrogens is 422 g/mol. The van der Waals surface area contributed by atoms with Gasteiger partial charge >= 0.3 is 5.97 Å². The summed E-state index contributed by atoms with van der Waals surface area (Å²) in [5.74, 6) is -0.785. The highest BCUT2D eigenvalue weighted by molar-refractivity contribution is 7.92. The molecule has 9 nitrogen and oxygen atoms in total. The van der Waals surface area contributed by atoms with Gasteiger partial charge < -0.3 is 14.8 Å². The van der Waals surface area contributed by atoms with Gasteiger partial charge in [0.2, 0.25) is 0 Å². The predicted molar refractivity (Wildman–Crippen MR) is 114 cm³/mol. The number of rotatable bonds is 7. The fourth-order valence-electron chi connectivity index (χ4n) is 2.67. The first-order valence-electron chi connectivity index (χ1n) is 8.94. The van der Waals surface area contributed by atoms with Crippen LogP contribution < -0.4 is 14.8 Å². The van der Waals surface area contributed by atoms with Crippen molar-refractivity contribution in [3.63, 3.8) is 0 Å². The Morgan fingerprint density at radius 3 is 2.42 bits per heavy atom. The van der Waals surface area contributed by atoms with E-state index in [1.165, 1.54) is 62.9 Å². The van der Waals surface area contributed by atoms with E-state index in [9.17, 15) is 18.0 Å². The normalized spacial score (nSPS) is 10.8. The molecular formula is C21H19N3O6S. The summed E-state index contributed by atoms with van der Waals surface area (Å²) >= 11 is 0. The van der Waals surface area contributed by atoms with E-state index in [0.29, 0.717) is 11.3 Å². The van der Waals surface area contributed by atoms with Crippen molar-refractivity contribution in [2.24, 2.45) is 0 Å². The maximum atomic E-state index is 12.7.